The summed E-state index contributed by atoms with van der Waals surface area (Å²) < 4.78 is 5.24. The van der Waals surface area contributed by atoms with Crippen LogP contribution in [0.4, 0.5) is 0 Å². The Bertz CT molecular complexity index is 521. The van der Waals surface area contributed by atoms with Gasteiger partial charge in [-0.2, -0.15) is 0 Å². The highest BCUT2D eigenvalue weighted by Crippen LogP contribution is 2.26. The van der Waals surface area contributed by atoms with Crippen LogP contribution in [0.2, 0.25) is 0 Å². The van der Waals surface area contributed by atoms with Crippen LogP contribution in [-0.2, 0) is 11.3 Å². The van der Waals surface area contributed by atoms with Crippen LogP contribution < -0.4 is 5.32 Å². The summed E-state index contributed by atoms with van der Waals surface area (Å²) in [4.78, 5) is 26.3. The molecular weight excluding hydrogens is 294 g/mol. The van der Waals surface area contributed by atoms with E-state index in [9.17, 15) is 9.59 Å². The fraction of sp³-hybridized carbons (Fsp3) is 0.706. The molecule has 6 heteroatoms. The molecule has 0 atom stereocenters. The number of hydrogen-bond acceptors (Lipinski definition) is 4. The molecule has 128 valence electrons. The van der Waals surface area contributed by atoms with Gasteiger partial charge in [-0.25, -0.2) is 0 Å². The number of carbonyl (C=O) groups excluding carboxylic acids is 2. The van der Waals surface area contributed by atoms with E-state index in [4.69, 9.17) is 4.52 Å². The Kier molecular flexibility index (Phi) is 6.62. The molecule has 0 aliphatic heterocycles. The van der Waals surface area contributed by atoms with E-state index in [1.807, 2.05) is 11.8 Å². The maximum atomic E-state index is 12.7. The monoisotopic (exact) mass is 321 g/mol. The van der Waals surface area contributed by atoms with Crippen LogP contribution in [0.5, 0.6) is 0 Å². The Hall–Kier alpha value is -1.85. The molecule has 2 rings (SSSR count). The lowest BCUT2D eigenvalue weighted by atomic mass is 9.88. The SMILES string of the molecule is CCCN(Cc1cc(C(=O)NCC)no1)C(=O)C1CCCCC1. The molecule has 1 fully saturated rings. The van der Waals surface area contributed by atoms with Crippen LogP contribution in [0.3, 0.4) is 0 Å². The fourth-order valence-electron chi connectivity index (χ4n) is 3.08. The zero-order chi connectivity index (χ0) is 16.7. The molecule has 0 saturated heterocycles. The molecule has 1 aliphatic carbocycles. The van der Waals surface area contributed by atoms with Crippen molar-refractivity contribution >= 4 is 11.8 Å². The van der Waals surface area contributed by atoms with Gasteiger partial charge in [0.2, 0.25) is 5.91 Å². The normalized spacial score (nSPS) is 15.4. The molecule has 1 aromatic heterocycles. The van der Waals surface area contributed by atoms with Crippen molar-refractivity contribution in [2.45, 2.75) is 58.9 Å². The summed E-state index contributed by atoms with van der Waals surface area (Å²) in [5.41, 5.74) is 0.267. The number of hydrogen-bond donors (Lipinski definition) is 1. The third-order valence-electron chi connectivity index (χ3n) is 4.24. The zero-order valence-electron chi connectivity index (χ0n) is 14.1. The summed E-state index contributed by atoms with van der Waals surface area (Å²) in [5.74, 6) is 0.663. The van der Waals surface area contributed by atoms with Crippen LogP contribution in [-0.4, -0.2) is 35.0 Å². The van der Waals surface area contributed by atoms with Gasteiger partial charge < -0.3 is 14.7 Å². The Morgan fingerprint density at radius 1 is 1.30 bits per heavy atom. The molecule has 1 N–H and O–H groups in total. The fourth-order valence-corrected chi connectivity index (χ4v) is 3.08. The highest BCUT2D eigenvalue weighted by atomic mass is 16.5. The number of rotatable bonds is 7. The van der Waals surface area contributed by atoms with Gasteiger partial charge >= 0.3 is 0 Å². The molecule has 1 aliphatic rings. The Labute approximate surface area is 137 Å². The van der Waals surface area contributed by atoms with Gasteiger partial charge in [-0.15, -0.1) is 0 Å². The van der Waals surface area contributed by atoms with Crippen LogP contribution in [0.15, 0.2) is 10.6 Å². The van der Waals surface area contributed by atoms with E-state index in [0.717, 1.165) is 32.1 Å². The minimum atomic E-state index is -0.247. The second-order valence-electron chi connectivity index (χ2n) is 6.13. The van der Waals surface area contributed by atoms with E-state index in [0.29, 0.717) is 25.4 Å². The molecule has 6 nitrogen and oxygen atoms in total. The van der Waals surface area contributed by atoms with Crippen molar-refractivity contribution < 1.29 is 14.1 Å². The van der Waals surface area contributed by atoms with Crippen molar-refractivity contribution in [3.63, 3.8) is 0 Å². The minimum Gasteiger partial charge on any atom is -0.359 e. The summed E-state index contributed by atoms with van der Waals surface area (Å²) in [7, 11) is 0. The largest absolute Gasteiger partial charge is 0.359 e. The van der Waals surface area contributed by atoms with Crippen molar-refractivity contribution in [2.24, 2.45) is 5.92 Å². The molecule has 0 bridgehead atoms. The maximum Gasteiger partial charge on any atom is 0.273 e. The molecule has 0 spiro atoms. The molecule has 0 aromatic carbocycles. The van der Waals surface area contributed by atoms with E-state index in [-0.39, 0.29) is 23.4 Å². The average molecular weight is 321 g/mol. The van der Waals surface area contributed by atoms with Crippen LogP contribution in [0, 0.1) is 5.92 Å². The first-order valence-electron chi connectivity index (χ1n) is 8.68. The number of carbonyl (C=O) groups is 2. The van der Waals surface area contributed by atoms with Crippen molar-refractivity contribution in [1.29, 1.82) is 0 Å². The first kappa shape index (κ1) is 17.5. The summed E-state index contributed by atoms with van der Waals surface area (Å²) >= 11 is 0. The molecular formula is C17H27N3O3. The number of nitrogens with zero attached hydrogens (tertiary/aromatic N) is 2. The number of nitrogens with one attached hydrogen (secondary N) is 1. The molecule has 1 heterocycles. The highest BCUT2D eigenvalue weighted by Gasteiger charge is 2.26. The molecule has 23 heavy (non-hydrogen) atoms. The van der Waals surface area contributed by atoms with Gasteiger partial charge in [0.05, 0.1) is 6.54 Å². The van der Waals surface area contributed by atoms with Crippen molar-refractivity contribution in [2.75, 3.05) is 13.1 Å². The Morgan fingerprint density at radius 3 is 2.70 bits per heavy atom. The van der Waals surface area contributed by atoms with Crippen LogP contribution >= 0.6 is 0 Å². The van der Waals surface area contributed by atoms with E-state index >= 15 is 0 Å². The third kappa shape index (κ3) is 4.81. The number of aromatic nitrogens is 1. The molecule has 1 aromatic rings. The van der Waals surface area contributed by atoms with Gasteiger partial charge in [0.25, 0.3) is 5.91 Å². The van der Waals surface area contributed by atoms with Crippen LogP contribution in [0.1, 0.15) is 68.6 Å². The second-order valence-corrected chi connectivity index (χ2v) is 6.13. The predicted molar refractivity (Wildman–Crippen MR) is 86.8 cm³/mol. The summed E-state index contributed by atoms with van der Waals surface area (Å²) in [5, 5.41) is 6.48. The quantitative estimate of drug-likeness (QED) is 0.838. The Balaban J connectivity index is 2.01. The molecule has 2 amide bonds. The predicted octanol–water partition coefficient (Wildman–Crippen LogP) is 2.74. The smallest absolute Gasteiger partial charge is 0.273 e. The third-order valence-corrected chi connectivity index (χ3v) is 4.24. The molecule has 0 radical (unpaired) electrons. The van der Waals surface area contributed by atoms with Gasteiger partial charge in [-0.05, 0) is 26.2 Å². The van der Waals surface area contributed by atoms with Gasteiger partial charge in [0.15, 0.2) is 11.5 Å². The topological polar surface area (TPSA) is 75.4 Å². The summed E-state index contributed by atoms with van der Waals surface area (Å²) in [6, 6.07) is 1.63. The molecule has 0 unspecified atom stereocenters. The van der Waals surface area contributed by atoms with Gasteiger partial charge in [0, 0.05) is 25.1 Å². The van der Waals surface area contributed by atoms with E-state index < -0.39 is 0 Å². The van der Waals surface area contributed by atoms with Crippen molar-refractivity contribution in [1.82, 2.24) is 15.4 Å². The number of amides is 2. The van der Waals surface area contributed by atoms with Gasteiger partial charge in [0.1, 0.15) is 0 Å². The highest BCUT2D eigenvalue weighted by molar-refractivity contribution is 5.92. The first-order chi connectivity index (χ1) is 11.2. The molecule has 1 saturated carbocycles. The van der Waals surface area contributed by atoms with E-state index in [1.54, 1.807) is 6.07 Å². The van der Waals surface area contributed by atoms with Crippen molar-refractivity contribution in [3.8, 4) is 0 Å². The average Bonchev–Trinajstić information content (AvgIpc) is 3.03. The lowest BCUT2D eigenvalue weighted by Crippen LogP contribution is -2.37. The van der Waals surface area contributed by atoms with E-state index in [1.165, 1.54) is 6.42 Å². The lowest BCUT2D eigenvalue weighted by Gasteiger charge is -2.28. The van der Waals surface area contributed by atoms with E-state index in [2.05, 4.69) is 17.4 Å². The van der Waals surface area contributed by atoms with Gasteiger partial charge in [-0.3, -0.25) is 9.59 Å². The first-order valence-corrected chi connectivity index (χ1v) is 8.68. The summed E-state index contributed by atoms with van der Waals surface area (Å²) in [6.07, 6.45) is 6.38. The Morgan fingerprint density at radius 2 is 2.04 bits per heavy atom. The van der Waals surface area contributed by atoms with Crippen LogP contribution in [0.25, 0.3) is 0 Å². The summed E-state index contributed by atoms with van der Waals surface area (Å²) in [6.45, 7) is 5.54. The second kappa shape index (κ2) is 8.70. The minimum absolute atomic E-state index is 0.140. The zero-order valence-corrected chi connectivity index (χ0v) is 14.1. The van der Waals surface area contributed by atoms with Crippen molar-refractivity contribution in [3.05, 3.63) is 17.5 Å². The van der Waals surface area contributed by atoms with Gasteiger partial charge in [-0.1, -0.05) is 31.3 Å². The maximum absolute atomic E-state index is 12.7. The standard InChI is InChI=1S/C17H27N3O3/c1-3-10-20(17(22)13-8-6-5-7-9-13)12-14-11-15(19-23-14)16(21)18-4-2/h11,13H,3-10,12H2,1-2H3,(H,18,21). The lowest BCUT2D eigenvalue weighted by molar-refractivity contribution is -0.137.